The summed E-state index contributed by atoms with van der Waals surface area (Å²) in [5, 5.41) is 3.31. The second-order valence-corrected chi connectivity index (χ2v) is 4.21. The standard InChI is InChI=1S/C13H18N4/c1-10-5-4-6-16-13(10)11(14-2)9-12-15-7-8-17(12)3/h4-8,11,14H,9H2,1-3H3. The molecule has 0 aliphatic heterocycles. The zero-order valence-corrected chi connectivity index (χ0v) is 10.5. The molecule has 0 aromatic carbocycles. The Labute approximate surface area is 102 Å². The number of hydrogen-bond donors (Lipinski definition) is 1. The summed E-state index contributed by atoms with van der Waals surface area (Å²) in [7, 11) is 3.97. The summed E-state index contributed by atoms with van der Waals surface area (Å²) in [5.41, 5.74) is 2.30. The van der Waals surface area contributed by atoms with Gasteiger partial charge in [-0.15, -0.1) is 0 Å². The van der Waals surface area contributed by atoms with E-state index in [0.29, 0.717) is 0 Å². The van der Waals surface area contributed by atoms with Gasteiger partial charge in [-0.3, -0.25) is 4.98 Å². The Kier molecular flexibility index (Phi) is 3.54. The monoisotopic (exact) mass is 230 g/mol. The second kappa shape index (κ2) is 5.10. The summed E-state index contributed by atoms with van der Waals surface area (Å²) >= 11 is 0. The molecule has 0 fully saturated rings. The minimum atomic E-state index is 0.206. The molecule has 4 heteroatoms. The van der Waals surface area contributed by atoms with Crippen LogP contribution in [-0.4, -0.2) is 21.6 Å². The van der Waals surface area contributed by atoms with Gasteiger partial charge < -0.3 is 9.88 Å². The van der Waals surface area contributed by atoms with Gasteiger partial charge in [0.25, 0.3) is 0 Å². The van der Waals surface area contributed by atoms with E-state index in [1.807, 2.05) is 43.3 Å². The van der Waals surface area contributed by atoms with Gasteiger partial charge in [0.15, 0.2) is 0 Å². The lowest BCUT2D eigenvalue weighted by Crippen LogP contribution is -2.22. The van der Waals surface area contributed by atoms with Gasteiger partial charge >= 0.3 is 0 Å². The largest absolute Gasteiger partial charge is 0.338 e. The number of nitrogens with zero attached hydrogens (tertiary/aromatic N) is 3. The molecule has 0 spiro atoms. The fourth-order valence-electron chi connectivity index (χ4n) is 1.97. The summed E-state index contributed by atoms with van der Waals surface area (Å²) in [4.78, 5) is 8.81. The predicted octanol–water partition coefficient (Wildman–Crippen LogP) is 1.63. The summed E-state index contributed by atoms with van der Waals surface area (Å²) < 4.78 is 2.04. The minimum absolute atomic E-state index is 0.206. The van der Waals surface area contributed by atoms with E-state index < -0.39 is 0 Å². The van der Waals surface area contributed by atoms with Gasteiger partial charge in [0, 0.05) is 32.1 Å². The number of hydrogen-bond acceptors (Lipinski definition) is 3. The molecule has 2 aromatic rings. The Morgan fingerprint density at radius 1 is 1.35 bits per heavy atom. The van der Waals surface area contributed by atoms with E-state index in [2.05, 4.69) is 28.3 Å². The molecule has 0 aliphatic rings. The molecule has 4 nitrogen and oxygen atoms in total. The quantitative estimate of drug-likeness (QED) is 0.868. The van der Waals surface area contributed by atoms with Crippen LogP contribution in [0.2, 0.25) is 0 Å². The smallest absolute Gasteiger partial charge is 0.110 e. The van der Waals surface area contributed by atoms with Crippen LogP contribution in [0.5, 0.6) is 0 Å². The van der Waals surface area contributed by atoms with Crippen LogP contribution in [0.25, 0.3) is 0 Å². The van der Waals surface area contributed by atoms with Crippen LogP contribution < -0.4 is 5.32 Å². The molecule has 2 heterocycles. The van der Waals surface area contributed by atoms with Gasteiger partial charge in [0.1, 0.15) is 5.82 Å². The molecular weight excluding hydrogens is 212 g/mol. The number of likely N-dealkylation sites (N-methyl/N-ethyl adjacent to an activating group) is 1. The molecule has 90 valence electrons. The normalized spacial score (nSPS) is 12.6. The van der Waals surface area contributed by atoms with E-state index >= 15 is 0 Å². The van der Waals surface area contributed by atoms with Gasteiger partial charge in [0.05, 0.1) is 11.7 Å². The van der Waals surface area contributed by atoms with Crippen LogP contribution in [0, 0.1) is 6.92 Å². The highest BCUT2D eigenvalue weighted by Crippen LogP contribution is 2.18. The Morgan fingerprint density at radius 2 is 2.18 bits per heavy atom. The number of nitrogens with one attached hydrogen (secondary N) is 1. The maximum atomic E-state index is 4.46. The van der Waals surface area contributed by atoms with E-state index in [0.717, 1.165) is 17.9 Å². The second-order valence-electron chi connectivity index (χ2n) is 4.21. The third-order valence-corrected chi connectivity index (χ3v) is 3.04. The van der Waals surface area contributed by atoms with Gasteiger partial charge in [-0.1, -0.05) is 6.07 Å². The summed E-state index contributed by atoms with van der Waals surface area (Å²) in [6.45, 7) is 2.09. The maximum absolute atomic E-state index is 4.46. The molecule has 1 atom stereocenters. The molecule has 1 N–H and O–H groups in total. The first kappa shape index (κ1) is 11.8. The molecule has 0 bridgehead atoms. The lowest BCUT2D eigenvalue weighted by atomic mass is 10.0. The average Bonchev–Trinajstić information content (AvgIpc) is 2.73. The van der Waals surface area contributed by atoms with E-state index in [-0.39, 0.29) is 6.04 Å². The Hall–Kier alpha value is -1.68. The predicted molar refractivity (Wildman–Crippen MR) is 67.7 cm³/mol. The van der Waals surface area contributed by atoms with Crippen molar-refractivity contribution >= 4 is 0 Å². The lowest BCUT2D eigenvalue weighted by Gasteiger charge is -2.17. The molecule has 1 unspecified atom stereocenters. The molecule has 0 saturated carbocycles. The summed E-state index contributed by atoms with van der Waals surface area (Å²) in [5.74, 6) is 1.06. The van der Waals surface area contributed by atoms with Crippen molar-refractivity contribution in [3.63, 3.8) is 0 Å². The molecule has 2 rings (SSSR count). The molecule has 2 aromatic heterocycles. The Balaban J connectivity index is 2.23. The van der Waals surface area contributed by atoms with Crippen LogP contribution >= 0.6 is 0 Å². The van der Waals surface area contributed by atoms with Crippen molar-refractivity contribution in [1.82, 2.24) is 19.9 Å². The van der Waals surface area contributed by atoms with Crippen molar-refractivity contribution in [2.45, 2.75) is 19.4 Å². The topological polar surface area (TPSA) is 42.7 Å². The zero-order valence-electron chi connectivity index (χ0n) is 10.5. The van der Waals surface area contributed by atoms with Crippen molar-refractivity contribution in [1.29, 1.82) is 0 Å². The fourth-order valence-corrected chi connectivity index (χ4v) is 1.97. The fraction of sp³-hybridized carbons (Fsp3) is 0.385. The first-order valence-corrected chi connectivity index (χ1v) is 5.77. The maximum Gasteiger partial charge on any atom is 0.110 e. The van der Waals surface area contributed by atoms with Gasteiger partial charge in [-0.2, -0.15) is 0 Å². The van der Waals surface area contributed by atoms with Crippen molar-refractivity contribution in [2.75, 3.05) is 7.05 Å². The van der Waals surface area contributed by atoms with E-state index in [1.54, 1.807) is 0 Å². The van der Waals surface area contributed by atoms with Gasteiger partial charge in [-0.05, 0) is 25.6 Å². The van der Waals surface area contributed by atoms with E-state index in [9.17, 15) is 0 Å². The number of pyridine rings is 1. The zero-order chi connectivity index (χ0) is 12.3. The number of aromatic nitrogens is 3. The Bertz CT molecular complexity index is 490. The first-order valence-electron chi connectivity index (χ1n) is 5.77. The van der Waals surface area contributed by atoms with Crippen molar-refractivity contribution in [3.8, 4) is 0 Å². The molecule has 0 saturated heterocycles. The highest BCUT2D eigenvalue weighted by atomic mass is 15.0. The number of aryl methyl sites for hydroxylation is 2. The highest BCUT2D eigenvalue weighted by molar-refractivity contribution is 5.22. The summed E-state index contributed by atoms with van der Waals surface area (Å²) in [6.07, 6.45) is 6.48. The Morgan fingerprint density at radius 3 is 2.76 bits per heavy atom. The molecular formula is C13H18N4. The van der Waals surface area contributed by atoms with E-state index in [1.165, 1.54) is 5.56 Å². The van der Waals surface area contributed by atoms with Crippen molar-refractivity contribution in [3.05, 3.63) is 47.8 Å². The van der Waals surface area contributed by atoms with E-state index in [4.69, 9.17) is 0 Å². The SMILES string of the molecule is CNC(Cc1nccn1C)c1ncccc1C. The minimum Gasteiger partial charge on any atom is -0.338 e. The third kappa shape index (κ3) is 2.53. The number of rotatable bonds is 4. The van der Waals surface area contributed by atoms with Crippen LogP contribution in [0.4, 0.5) is 0 Å². The first-order chi connectivity index (χ1) is 8.22. The highest BCUT2D eigenvalue weighted by Gasteiger charge is 2.15. The summed E-state index contributed by atoms with van der Waals surface area (Å²) in [6, 6.07) is 4.26. The third-order valence-electron chi connectivity index (χ3n) is 3.04. The number of imidazole rings is 1. The van der Waals surface area contributed by atoms with Gasteiger partial charge in [0.2, 0.25) is 0 Å². The molecule has 0 amide bonds. The molecule has 0 aliphatic carbocycles. The molecule has 17 heavy (non-hydrogen) atoms. The van der Waals surface area contributed by atoms with Crippen molar-refractivity contribution in [2.24, 2.45) is 7.05 Å². The average molecular weight is 230 g/mol. The van der Waals surface area contributed by atoms with Crippen LogP contribution in [-0.2, 0) is 13.5 Å². The van der Waals surface area contributed by atoms with Crippen LogP contribution in [0.15, 0.2) is 30.7 Å². The lowest BCUT2D eigenvalue weighted by molar-refractivity contribution is 0.547. The van der Waals surface area contributed by atoms with Gasteiger partial charge in [-0.25, -0.2) is 4.98 Å². The van der Waals surface area contributed by atoms with Crippen LogP contribution in [0.3, 0.4) is 0 Å². The van der Waals surface area contributed by atoms with Crippen molar-refractivity contribution < 1.29 is 0 Å². The van der Waals surface area contributed by atoms with Crippen LogP contribution in [0.1, 0.15) is 23.1 Å². The molecule has 0 radical (unpaired) electrons.